The molecular formula is C15H20N2. The van der Waals surface area contributed by atoms with Crippen molar-refractivity contribution in [3.8, 4) is 0 Å². The average Bonchev–Trinajstić information content (AvgIpc) is 2.91. The topological polar surface area (TPSA) is 41.8 Å². The van der Waals surface area contributed by atoms with E-state index in [0.717, 1.165) is 12.8 Å². The number of aromatic amines is 1. The SMILES string of the molecule is Cc1[nH]c2cccc(C)c2c1CCC1(N)CC1. The summed E-state index contributed by atoms with van der Waals surface area (Å²) < 4.78 is 0. The second kappa shape index (κ2) is 3.61. The molecule has 0 spiro atoms. The summed E-state index contributed by atoms with van der Waals surface area (Å²) in [6.45, 7) is 4.36. The molecule has 1 aromatic carbocycles. The zero-order valence-electron chi connectivity index (χ0n) is 10.6. The molecule has 1 saturated carbocycles. The van der Waals surface area contributed by atoms with Gasteiger partial charge in [0.25, 0.3) is 0 Å². The second-order valence-corrected chi connectivity index (χ2v) is 5.59. The number of hydrogen-bond acceptors (Lipinski definition) is 1. The smallest absolute Gasteiger partial charge is 0.0461 e. The van der Waals surface area contributed by atoms with Crippen LogP contribution in [0.3, 0.4) is 0 Å². The van der Waals surface area contributed by atoms with Gasteiger partial charge in [-0.3, -0.25) is 0 Å². The van der Waals surface area contributed by atoms with Gasteiger partial charge in [-0.15, -0.1) is 0 Å². The second-order valence-electron chi connectivity index (χ2n) is 5.59. The van der Waals surface area contributed by atoms with Crippen molar-refractivity contribution in [1.29, 1.82) is 0 Å². The summed E-state index contributed by atoms with van der Waals surface area (Å²) >= 11 is 0. The summed E-state index contributed by atoms with van der Waals surface area (Å²) in [6.07, 6.45) is 4.63. The van der Waals surface area contributed by atoms with Crippen LogP contribution in [-0.4, -0.2) is 10.5 Å². The number of hydrogen-bond donors (Lipinski definition) is 2. The largest absolute Gasteiger partial charge is 0.358 e. The lowest BCUT2D eigenvalue weighted by Crippen LogP contribution is -2.22. The van der Waals surface area contributed by atoms with Crippen molar-refractivity contribution in [2.45, 2.75) is 45.1 Å². The number of nitrogens with two attached hydrogens (primary N) is 1. The van der Waals surface area contributed by atoms with Crippen molar-refractivity contribution in [3.05, 3.63) is 35.0 Å². The molecule has 3 rings (SSSR count). The Balaban J connectivity index is 1.99. The Kier molecular flexibility index (Phi) is 2.30. The fourth-order valence-electron chi connectivity index (χ4n) is 2.73. The summed E-state index contributed by atoms with van der Waals surface area (Å²) in [4.78, 5) is 3.48. The Labute approximate surface area is 102 Å². The minimum absolute atomic E-state index is 0.152. The first kappa shape index (κ1) is 10.8. The van der Waals surface area contributed by atoms with E-state index < -0.39 is 0 Å². The van der Waals surface area contributed by atoms with Crippen LogP contribution in [0.25, 0.3) is 10.9 Å². The molecule has 0 unspecified atom stereocenters. The molecule has 17 heavy (non-hydrogen) atoms. The van der Waals surface area contributed by atoms with E-state index in [1.807, 2.05) is 0 Å². The number of aromatic nitrogens is 1. The number of H-pyrrole nitrogens is 1. The first-order chi connectivity index (χ1) is 8.09. The van der Waals surface area contributed by atoms with Gasteiger partial charge >= 0.3 is 0 Å². The number of nitrogens with one attached hydrogen (secondary N) is 1. The molecule has 0 atom stereocenters. The van der Waals surface area contributed by atoms with Crippen molar-refractivity contribution in [3.63, 3.8) is 0 Å². The molecule has 0 bridgehead atoms. The van der Waals surface area contributed by atoms with Crippen LogP contribution < -0.4 is 5.73 Å². The zero-order chi connectivity index (χ0) is 12.0. The first-order valence-corrected chi connectivity index (χ1v) is 6.45. The third-order valence-corrected chi connectivity index (χ3v) is 4.11. The van der Waals surface area contributed by atoms with Crippen LogP contribution in [0.5, 0.6) is 0 Å². The highest BCUT2D eigenvalue weighted by Gasteiger charge is 2.37. The molecule has 1 aromatic heterocycles. The van der Waals surface area contributed by atoms with Gasteiger partial charge in [0.1, 0.15) is 0 Å². The Morgan fingerprint density at radius 3 is 2.76 bits per heavy atom. The molecule has 2 aromatic rings. The molecular weight excluding hydrogens is 208 g/mol. The Morgan fingerprint density at radius 2 is 2.06 bits per heavy atom. The van der Waals surface area contributed by atoms with Crippen LogP contribution >= 0.6 is 0 Å². The van der Waals surface area contributed by atoms with E-state index in [4.69, 9.17) is 5.73 Å². The Bertz CT molecular complexity index is 562. The highest BCUT2D eigenvalue weighted by Crippen LogP contribution is 2.38. The van der Waals surface area contributed by atoms with E-state index in [-0.39, 0.29) is 5.54 Å². The van der Waals surface area contributed by atoms with E-state index in [1.165, 1.54) is 40.6 Å². The molecule has 1 aliphatic carbocycles. The van der Waals surface area contributed by atoms with Crippen molar-refractivity contribution in [1.82, 2.24) is 4.98 Å². The number of fused-ring (bicyclic) bond motifs is 1. The maximum Gasteiger partial charge on any atom is 0.0461 e. The van der Waals surface area contributed by atoms with Gasteiger partial charge in [-0.1, -0.05) is 12.1 Å². The maximum atomic E-state index is 6.19. The van der Waals surface area contributed by atoms with E-state index in [0.29, 0.717) is 0 Å². The highest BCUT2D eigenvalue weighted by molar-refractivity contribution is 5.87. The molecule has 1 fully saturated rings. The monoisotopic (exact) mass is 228 g/mol. The van der Waals surface area contributed by atoms with Crippen LogP contribution in [0.2, 0.25) is 0 Å². The maximum absolute atomic E-state index is 6.19. The third-order valence-electron chi connectivity index (χ3n) is 4.11. The predicted molar refractivity (Wildman–Crippen MR) is 72.2 cm³/mol. The molecule has 0 amide bonds. The molecule has 2 heteroatoms. The van der Waals surface area contributed by atoms with E-state index in [2.05, 4.69) is 37.0 Å². The fraction of sp³-hybridized carbons (Fsp3) is 0.467. The van der Waals surface area contributed by atoms with Crippen molar-refractivity contribution in [2.24, 2.45) is 5.73 Å². The molecule has 1 heterocycles. The quantitative estimate of drug-likeness (QED) is 0.832. The van der Waals surface area contributed by atoms with Gasteiger partial charge in [0.05, 0.1) is 0 Å². The minimum Gasteiger partial charge on any atom is -0.358 e. The van der Waals surface area contributed by atoms with E-state index in [9.17, 15) is 0 Å². The van der Waals surface area contributed by atoms with Gasteiger partial charge in [-0.05, 0) is 56.7 Å². The number of rotatable bonds is 3. The predicted octanol–water partition coefficient (Wildman–Crippen LogP) is 3.21. The normalized spacial score (nSPS) is 17.6. The van der Waals surface area contributed by atoms with Gasteiger partial charge < -0.3 is 10.7 Å². The van der Waals surface area contributed by atoms with E-state index >= 15 is 0 Å². The lowest BCUT2D eigenvalue weighted by atomic mass is 9.99. The van der Waals surface area contributed by atoms with Gasteiger partial charge in [-0.25, -0.2) is 0 Å². The summed E-state index contributed by atoms with van der Waals surface area (Å²) in [5.41, 5.74) is 11.7. The minimum atomic E-state index is 0.152. The molecule has 0 aliphatic heterocycles. The summed E-state index contributed by atoms with van der Waals surface area (Å²) in [5, 5.41) is 1.41. The lowest BCUT2D eigenvalue weighted by molar-refractivity contribution is 0.609. The van der Waals surface area contributed by atoms with Crippen LogP contribution in [-0.2, 0) is 6.42 Å². The standard InChI is InChI=1S/C15H20N2/c1-10-4-3-5-13-14(10)12(11(2)17-13)6-7-15(16)8-9-15/h3-5,17H,6-9,16H2,1-2H3. The van der Waals surface area contributed by atoms with Gasteiger partial charge in [-0.2, -0.15) is 0 Å². The van der Waals surface area contributed by atoms with Gasteiger partial charge in [0.2, 0.25) is 0 Å². The summed E-state index contributed by atoms with van der Waals surface area (Å²) in [5.74, 6) is 0. The molecule has 0 saturated heterocycles. The number of aryl methyl sites for hydroxylation is 3. The summed E-state index contributed by atoms with van der Waals surface area (Å²) in [7, 11) is 0. The zero-order valence-corrected chi connectivity index (χ0v) is 10.6. The van der Waals surface area contributed by atoms with Crippen molar-refractivity contribution < 1.29 is 0 Å². The molecule has 2 nitrogen and oxygen atoms in total. The lowest BCUT2D eigenvalue weighted by Gasteiger charge is -2.09. The van der Waals surface area contributed by atoms with Crippen LogP contribution in [0.15, 0.2) is 18.2 Å². The highest BCUT2D eigenvalue weighted by atomic mass is 14.8. The molecule has 3 N–H and O–H groups in total. The van der Waals surface area contributed by atoms with E-state index in [1.54, 1.807) is 0 Å². The van der Waals surface area contributed by atoms with Gasteiger partial charge in [0.15, 0.2) is 0 Å². The van der Waals surface area contributed by atoms with Crippen LogP contribution in [0.1, 0.15) is 36.1 Å². The molecule has 90 valence electrons. The average molecular weight is 228 g/mol. The van der Waals surface area contributed by atoms with Crippen LogP contribution in [0, 0.1) is 13.8 Å². The van der Waals surface area contributed by atoms with Crippen molar-refractivity contribution in [2.75, 3.05) is 0 Å². The Hall–Kier alpha value is -1.28. The Morgan fingerprint density at radius 1 is 1.29 bits per heavy atom. The van der Waals surface area contributed by atoms with Crippen LogP contribution in [0.4, 0.5) is 0 Å². The first-order valence-electron chi connectivity index (χ1n) is 6.45. The summed E-state index contributed by atoms with van der Waals surface area (Å²) in [6, 6.07) is 6.46. The molecule has 1 aliphatic rings. The fourth-order valence-corrected chi connectivity index (χ4v) is 2.73. The number of benzene rings is 1. The molecule has 0 radical (unpaired) electrons. The van der Waals surface area contributed by atoms with Gasteiger partial charge in [0, 0.05) is 22.1 Å². The van der Waals surface area contributed by atoms with Crippen molar-refractivity contribution >= 4 is 10.9 Å². The third kappa shape index (κ3) is 1.87.